The van der Waals surface area contributed by atoms with Gasteiger partial charge in [-0.3, -0.25) is 4.79 Å². The number of rotatable bonds is 3. The lowest BCUT2D eigenvalue weighted by atomic mass is 10.3. The van der Waals surface area contributed by atoms with Gasteiger partial charge in [-0.1, -0.05) is 0 Å². The molecule has 1 aromatic heterocycles. The third-order valence-electron chi connectivity index (χ3n) is 1.38. The Morgan fingerprint density at radius 2 is 2.31 bits per heavy atom. The smallest absolute Gasteiger partial charge is 0.271 e. The molecule has 0 atom stereocenters. The van der Waals surface area contributed by atoms with Gasteiger partial charge < -0.3 is 10.7 Å². The molecule has 0 unspecified atom stereocenters. The number of nitrogens with one attached hydrogen (secondary N) is 2. The van der Waals surface area contributed by atoms with Crippen molar-refractivity contribution >= 4 is 11.7 Å². The summed E-state index contributed by atoms with van der Waals surface area (Å²) in [4.78, 5) is 11.2. The van der Waals surface area contributed by atoms with Gasteiger partial charge in [-0.25, -0.2) is 5.84 Å². The Kier molecular flexibility index (Phi) is 3.15. The molecule has 0 saturated carbocycles. The molecule has 1 rings (SSSR count). The summed E-state index contributed by atoms with van der Waals surface area (Å²) in [5.41, 5.74) is 2.60. The number of carbonyl (C=O) groups excluding carboxylic acids is 1. The highest BCUT2D eigenvalue weighted by Gasteiger charge is 2.05. The van der Waals surface area contributed by atoms with Crippen LogP contribution in [0.25, 0.3) is 0 Å². The highest BCUT2D eigenvalue weighted by atomic mass is 16.1. The van der Waals surface area contributed by atoms with Crippen molar-refractivity contribution in [3.05, 3.63) is 17.8 Å². The molecule has 70 valence electrons. The van der Waals surface area contributed by atoms with Crippen LogP contribution in [0, 0.1) is 0 Å². The summed E-state index contributed by atoms with van der Waals surface area (Å²) >= 11 is 0. The number of nitrogens with zero attached hydrogens (tertiary/aromatic N) is 2. The van der Waals surface area contributed by atoms with Crippen LogP contribution in [0.5, 0.6) is 0 Å². The molecule has 0 aliphatic rings. The van der Waals surface area contributed by atoms with Gasteiger partial charge in [0.2, 0.25) is 0 Å². The maximum absolute atomic E-state index is 11.2. The number of amides is 1. The van der Waals surface area contributed by atoms with E-state index in [0.717, 1.165) is 0 Å². The highest BCUT2D eigenvalue weighted by Crippen LogP contribution is 1.99. The topological polar surface area (TPSA) is 92.9 Å². The average molecular weight is 181 g/mol. The fourth-order valence-corrected chi connectivity index (χ4v) is 0.781. The van der Waals surface area contributed by atoms with Gasteiger partial charge in [0.05, 0.1) is 0 Å². The summed E-state index contributed by atoms with van der Waals surface area (Å²) < 4.78 is 0. The first-order valence-corrected chi connectivity index (χ1v) is 3.86. The van der Waals surface area contributed by atoms with Crippen molar-refractivity contribution < 1.29 is 4.79 Å². The van der Waals surface area contributed by atoms with Gasteiger partial charge in [-0.15, -0.1) is 10.2 Å². The number of anilines is 1. The Morgan fingerprint density at radius 3 is 2.77 bits per heavy atom. The lowest BCUT2D eigenvalue weighted by Gasteiger charge is -2.00. The first-order chi connectivity index (χ1) is 6.27. The van der Waals surface area contributed by atoms with Crippen LogP contribution in [-0.4, -0.2) is 22.6 Å². The second kappa shape index (κ2) is 4.36. The molecule has 1 aromatic rings. The van der Waals surface area contributed by atoms with Crippen molar-refractivity contribution in [1.82, 2.24) is 15.5 Å². The molecule has 0 bridgehead atoms. The van der Waals surface area contributed by atoms with E-state index in [4.69, 9.17) is 5.84 Å². The molecule has 6 heteroatoms. The zero-order valence-corrected chi connectivity index (χ0v) is 7.24. The van der Waals surface area contributed by atoms with Gasteiger partial charge in [0.25, 0.3) is 5.91 Å². The first kappa shape index (κ1) is 9.40. The number of hydrazine groups is 1. The Labute approximate surface area is 75.5 Å². The Balaban J connectivity index is 2.74. The van der Waals surface area contributed by atoms with Gasteiger partial charge in [0, 0.05) is 6.54 Å². The quantitative estimate of drug-likeness (QED) is 0.432. The van der Waals surface area contributed by atoms with Crippen LogP contribution >= 0.6 is 0 Å². The number of nitrogens with two attached hydrogens (primary N) is 1. The lowest BCUT2D eigenvalue weighted by Crippen LogP contribution is -2.24. The Hall–Kier alpha value is -1.69. The summed E-state index contributed by atoms with van der Waals surface area (Å²) in [7, 11) is 0. The third-order valence-corrected chi connectivity index (χ3v) is 1.38. The van der Waals surface area contributed by atoms with Crippen molar-refractivity contribution in [1.29, 1.82) is 0 Å². The van der Waals surface area contributed by atoms with Crippen LogP contribution in [-0.2, 0) is 0 Å². The Bertz CT molecular complexity index is 283. The maximum Gasteiger partial charge on any atom is 0.271 e. The van der Waals surface area contributed by atoms with E-state index in [1.165, 1.54) is 0 Å². The van der Waals surface area contributed by atoms with E-state index >= 15 is 0 Å². The predicted octanol–water partition coefficient (Wildman–Crippen LogP) is -0.488. The first-order valence-electron chi connectivity index (χ1n) is 3.86. The normalized spacial score (nSPS) is 9.38. The highest BCUT2D eigenvalue weighted by molar-refractivity contribution is 5.92. The minimum atomic E-state index is -0.237. The molecule has 0 radical (unpaired) electrons. The molecule has 0 aliphatic heterocycles. The molecular weight excluding hydrogens is 170 g/mol. The van der Waals surface area contributed by atoms with E-state index in [1.54, 1.807) is 12.1 Å². The molecule has 4 N–H and O–H groups in total. The van der Waals surface area contributed by atoms with Crippen LogP contribution in [0.2, 0.25) is 0 Å². The van der Waals surface area contributed by atoms with Crippen molar-refractivity contribution in [2.45, 2.75) is 6.92 Å². The van der Waals surface area contributed by atoms with E-state index in [9.17, 15) is 4.79 Å². The van der Waals surface area contributed by atoms with Crippen molar-refractivity contribution in [3.8, 4) is 0 Å². The lowest BCUT2D eigenvalue weighted by molar-refractivity contribution is 0.0950. The minimum absolute atomic E-state index is 0.237. The van der Waals surface area contributed by atoms with E-state index < -0.39 is 0 Å². The zero-order chi connectivity index (χ0) is 9.68. The molecule has 0 spiro atoms. The molecule has 0 fully saturated rings. The fourth-order valence-electron chi connectivity index (χ4n) is 0.781. The van der Waals surface area contributed by atoms with Crippen molar-refractivity contribution in [2.24, 2.45) is 5.84 Å². The van der Waals surface area contributed by atoms with Gasteiger partial charge in [-0.05, 0) is 19.1 Å². The SMILES string of the molecule is CCNC(=O)c1ccc(NN)nn1. The summed E-state index contributed by atoms with van der Waals surface area (Å²) in [6.07, 6.45) is 0. The van der Waals surface area contributed by atoms with Crippen molar-refractivity contribution in [3.63, 3.8) is 0 Å². The molecule has 13 heavy (non-hydrogen) atoms. The predicted molar refractivity (Wildman–Crippen MR) is 47.8 cm³/mol. The van der Waals surface area contributed by atoms with Crippen LogP contribution < -0.4 is 16.6 Å². The average Bonchev–Trinajstić information content (AvgIpc) is 2.18. The molecular formula is C7H11N5O. The number of carbonyl (C=O) groups is 1. The second-order valence-electron chi connectivity index (χ2n) is 2.31. The van der Waals surface area contributed by atoms with Crippen LogP contribution in [0.3, 0.4) is 0 Å². The zero-order valence-electron chi connectivity index (χ0n) is 7.24. The van der Waals surface area contributed by atoms with Crippen LogP contribution in [0.15, 0.2) is 12.1 Å². The van der Waals surface area contributed by atoms with Gasteiger partial charge in [-0.2, -0.15) is 0 Å². The molecule has 0 saturated heterocycles. The molecule has 0 aromatic carbocycles. The van der Waals surface area contributed by atoms with E-state index in [2.05, 4.69) is 20.9 Å². The Morgan fingerprint density at radius 1 is 1.54 bits per heavy atom. The summed E-state index contributed by atoms with van der Waals surface area (Å²) in [6, 6.07) is 3.13. The summed E-state index contributed by atoms with van der Waals surface area (Å²) in [6.45, 7) is 2.40. The minimum Gasteiger partial charge on any atom is -0.351 e. The number of hydrogen-bond acceptors (Lipinski definition) is 5. The molecule has 1 heterocycles. The third kappa shape index (κ3) is 2.38. The molecule has 0 aliphatic carbocycles. The number of aromatic nitrogens is 2. The maximum atomic E-state index is 11.2. The fraction of sp³-hybridized carbons (Fsp3) is 0.286. The van der Waals surface area contributed by atoms with Gasteiger partial charge >= 0.3 is 0 Å². The van der Waals surface area contributed by atoms with E-state index in [0.29, 0.717) is 12.4 Å². The van der Waals surface area contributed by atoms with Gasteiger partial charge in [0.1, 0.15) is 0 Å². The van der Waals surface area contributed by atoms with Crippen LogP contribution in [0.1, 0.15) is 17.4 Å². The standard InChI is InChI=1S/C7H11N5O/c1-2-9-7(13)5-3-4-6(10-8)12-11-5/h3-4H,2,8H2,1H3,(H,9,13)(H,10,12). The number of nitrogen functional groups attached to an aromatic ring is 1. The van der Waals surface area contributed by atoms with Crippen molar-refractivity contribution in [2.75, 3.05) is 12.0 Å². The van der Waals surface area contributed by atoms with Crippen LogP contribution in [0.4, 0.5) is 5.82 Å². The summed E-state index contributed by atoms with van der Waals surface area (Å²) in [5.74, 6) is 5.27. The summed E-state index contributed by atoms with van der Waals surface area (Å²) in [5, 5.41) is 9.92. The van der Waals surface area contributed by atoms with Gasteiger partial charge in [0.15, 0.2) is 11.5 Å². The molecule has 6 nitrogen and oxygen atoms in total. The van der Waals surface area contributed by atoms with E-state index in [-0.39, 0.29) is 11.6 Å². The van der Waals surface area contributed by atoms with E-state index in [1.807, 2.05) is 6.92 Å². The molecule has 1 amide bonds. The largest absolute Gasteiger partial charge is 0.351 e. The monoisotopic (exact) mass is 181 g/mol. The second-order valence-corrected chi connectivity index (χ2v) is 2.31. The number of hydrogen-bond donors (Lipinski definition) is 3.